The molecule has 3 N–H and O–H groups in total. The Hall–Kier alpha value is -1.72. The second-order valence-corrected chi connectivity index (χ2v) is 6.83. The Labute approximate surface area is 130 Å². The van der Waals surface area contributed by atoms with Gasteiger partial charge in [0.2, 0.25) is 0 Å². The van der Waals surface area contributed by atoms with Crippen LogP contribution in [0.5, 0.6) is 0 Å². The smallest absolute Gasteiger partial charge is 0.261 e. The highest BCUT2D eigenvalue weighted by atomic mass is 35.5. The van der Waals surface area contributed by atoms with Crippen molar-refractivity contribution < 1.29 is 8.42 Å². The van der Waals surface area contributed by atoms with E-state index in [1.165, 1.54) is 23.8 Å². The van der Waals surface area contributed by atoms with Crippen molar-refractivity contribution >= 4 is 33.0 Å². The summed E-state index contributed by atoms with van der Waals surface area (Å²) in [6, 6.07) is 11.6. The highest BCUT2D eigenvalue weighted by Gasteiger charge is 2.15. The summed E-state index contributed by atoms with van der Waals surface area (Å²) >= 11 is 5.80. The van der Waals surface area contributed by atoms with Crippen LogP contribution >= 0.6 is 11.6 Å². The molecule has 0 aromatic heterocycles. The maximum Gasteiger partial charge on any atom is 0.261 e. The lowest BCUT2D eigenvalue weighted by molar-refractivity contribution is 0.601. The Morgan fingerprint density at radius 2 is 1.81 bits per heavy atom. The molecule has 2 aromatic carbocycles. The molecule has 21 heavy (non-hydrogen) atoms. The van der Waals surface area contributed by atoms with E-state index in [0.29, 0.717) is 10.7 Å². The quantitative estimate of drug-likeness (QED) is 0.824. The SMILES string of the molecule is CCCc1ccc(NS(=O)(=O)c2ccc(Cl)c(N)c2)cc1. The number of hydrogen-bond donors (Lipinski definition) is 2. The minimum atomic E-state index is -3.67. The highest BCUT2D eigenvalue weighted by molar-refractivity contribution is 7.92. The Bertz CT molecular complexity index is 728. The van der Waals surface area contributed by atoms with Gasteiger partial charge in [-0.2, -0.15) is 0 Å². The summed E-state index contributed by atoms with van der Waals surface area (Å²) in [5, 5.41) is 0.331. The van der Waals surface area contributed by atoms with Crippen molar-refractivity contribution in [1.29, 1.82) is 0 Å². The second kappa shape index (κ2) is 6.37. The fourth-order valence-corrected chi connectivity index (χ4v) is 3.14. The van der Waals surface area contributed by atoms with Crippen LogP contribution in [0.3, 0.4) is 0 Å². The molecule has 0 radical (unpaired) electrons. The Morgan fingerprint density at radius 3 is 2.38 bits per heavy atom. The molecule has 0 unspecified atom stereocenters. The Kier molecular flexibility index (Phi) is 4.75. The van der Waals surface area contributed by atoms with Crippen LogP contribution in [0.15, 0.2) is 47.4 Å². The third-order valence-electron chi connectivity index (χ3n) is 3.02. The molecule has 112 valence electrons. The van der Waals surface area contributed by atoms with Gasteiger partial charge in [-0.05, 0) is 42.3 Å². The van der Waals surface area contributed by atoms with Crippen molar-refractivity contribution in [2.24, 2.45) is 0 Å². The molecular weight excluding hydrogens is 308 g/mol. The fraction of sp³-hybridized carbons (Fsp3) is 0.200. The number of benzene rings is 2. The Balaban J connectivity index is 2.22. The van der Waals surface area contributed by atoms with Gasteiger partial charge in [0.25, 0.3) is 10.0 Å². The minimum Gasteiger partial charge on any atom is -0.397 e. The van der Waals surface area contributed by atoms with Crippen LogP contribution in [0.25, 0.3) is 0 Å². The summed E-state index contributed by atoms with van der Waals surface area (Å²) in [5.41, 5.74) is 7.57. The number of nitrogens with one attached hydrogen (secondary N) is 1. The molecule has 6 heteroatoms. The molecular formula is C15H17ClN2O2S. The van der Waals surface area contributed by atoms with Gasteiger partial charge in [-0.25, -0.2) is 8.42 Å². The number of aryl methyl sites for hydroxylation is 1. The van der Waals surface area contributed by atoms with Gasteiger partial charge >= 0.3 is 0 Å². The van der Waals surface area contributed by atoms with E-state index in [1.807, 2.05) is 12.1 Å². The monoisotopic (exact) mass is 324 g/mol. The summed E-state index contributed by atoms with van der Waals surface area (Å²) in [6.07, 6.45) is 2.02. The van der Waals surface area contributed by atoms with Crippen LogP contribution < -0.4 is 10.5 Å². The largest absolute Gasteiger partial charge is 0.397 e. The lowest BCUT2D eigenvalue weighted by Gasteiger charge is -2.10. The van der Waals surface area contributed by atoms with Crippen LogP contribution in [0.1, 0.15) is 18.9 Å². The van der Waals surface area contributed by atoms with Crippen LogP contribution in [0, 0.1) is 0 Å². The molecule has 0 atom stereocenters. The maximum absolute atomic E-state index is 12.3. The lowest BCUT2D eigenvalue weighted by Crippen LogP contribution is -2.13. The summed E-state index contributed by atoms with van der Waals surface area (Å²) in [6.45, 7) is 2.10. The van der Waals surface area contributed by atoms with Crippen molar-refractivity contribution in [1.82, 2.24) is 0 Å². The van der Waals surface area contributed by atoms with Gasteiger partial charge in [-0.3, -0.25) is 4.72 Å². The third kappa shape index (κ3) is 3.89. The number of rotatable bonds is 5. The number of halogens is 1. The predicted molar refractivity (Wildman–Crippen MR) is 87.1 cm³/mol. The van der Waals surface area contributed by atoms with Crippen molar-refractivity contribution in [2.45, 2.75) is 24.7 Å². The first-order chi connectivity index (χ1) is 9.92. The van der Waals surface area contributed by atoms with Gasteiger partial charge in [0.1, 0.15) is 0 Å². The summed E-state index contributed by atoms with van der Waals surface area (Å²) in [7, 11) is -3.67. The number of sulfonamides is 1. The zero-order valence-corrected chi connectivity index (χ0v) is 13.2. The molecule has 2 rings (SSSR count). The van der Waals surface area contributed by atoms with E-state index in [1.54, 1.807) is 12.1 Å². The van der Waals surface area contributed by atoms with Gasteiger partial charge in [0.05, 0.1) is 15.6 Å². The third-order valence-corrected chi connectivity index (χ3v) is 4.75. The molecule has 0 amide bonds. The molecule has 0 saturated heterocycles. The van der Waals surface area contributed by atoms with E-state index in [-0.39, 0.29) is 10.6 Å². The number of hydrogen-bond acceptors (Lipinski definition) is 3. The average Bonchev–Trinajstić information content (AvgIpc) is 2.44. The molecule has 0 aliphatic carbocycles. The fourth-order valence-electron chi connectivity index (χ4n) is 1.93. The molecule has 0 heterocycles. The van der Waals surface area contributed by atoms with Gasteiger partial charge in [0.15, 0.2) is 0 Å². The van der Waals surface area contributed by atoms with Gasteiger partial charge in [0, 0.05) is 5.69 Å². The highest BCUT2D eigenvalue weighted by Crippen LogP contribution is 2.24. The first-order valence-corrected chi connectivity index (χ1v) is 8.45. The molecule has 0 bridgehead atoms. The average molecular weight is 325 g/mol. The molecule has 0 fully saturated rings. The van der Waals surface area contributed by atoms with Gasteiger partial charge < -0.3 is 5.73 Å². The van der Waals surface area contributed by atoms with Crippen LogP contribution in [-0.4, -0.2) is 8.42 Å². The van der Waals surface area contributed by atoms with Crippen molar-refractivity contribution in [3.05, 3.63) is 53.1 Å². The minimum absolute atomic E-state index is 0.0852. The van der Waals surface area contributed by atoms with Gasteiger partial charge in [-0.15, -0.1) is 0 Å². The normalized spacial score (nSPS) is 11.3. The molecule has 0 spiro atoms. The predicted octanol–water partition coefficient (Wildman–Crippen LogP) is 3.68. The van der Waals surface area contributed by atoms with Crippen molar-refractivity contribution in [3.63, 3.8) is 0 Å². The zero-order valence-electron chi connectivity index (χ0n) is 11.6. The van der Waals surface area contributed by atoms with E-state index in [4.69, 9.17) is 17.3 Å². The summed E-state index contributed by atoms with van der Waals surface area (Å²) < 4.78 is 27.1. The van der Waals surface area contributed by atoms with Gasteiger partial charge in [-0.1, -0.05) is 37.1 Å². The zero-order chi connectivity index (χ0) is 15.5. The lowest BCUT2D eigenvalue weighted by atomic mass is 10.1. The van der Waals surface area contributed by atoms with E-state index >= 15 is 0 Å². The van der Waals surface area contributed by atoms with Crippen molar-refractivity contribution in [3.8, 4) is 0 Å². The molecule has 2 aromatic rings. The van der Waals surface area contributed by atoms with Crippen molar-refractivity contribution in [2.75, 3.05) is 10.5 Å². The first kappa shape index (κ1) is 15.7. The van der Waals surface area contributed by atoms with Crippen LogP contribution in [-0.2, 0) is 16.4 Å². The van der Waals surface area contributed by atoms with E-state index in [9.17, 15) is 8.42 Å². The number of nitrogens with two attached hydrogens (primary N) is 1. The molecule has 0 aliphatic rings. The van der Waals surface area contributed by atoms with Crippen LogP contribution in [0.4, 0.5) is 11.4 Å². The first-order valence-electron chi connectivity index (χ1n) is 6.59. The second-order valence-electron chi connectivity index (χ2n) is 4.74. The Morgan fingerprint density at radius 1 is 1.14 bits per heavy atom. The molecule has 4 nitrogen and oxygen atoms in total. The van der Waals surface area contributed by atoms with E-state index in [0.717, 1.165) is 12.8 Å². The maximum atomic E-state index is 12.3. The van der Waals surface area contributed by atoms with E-state index < -0.39 is 10.0 Å². The topological polar surface area (TPSA) is 72.2 Å². The summed E-state index contributed by atoms with van der Waals surface area (Å²) in [4.78, 5) is 0.0852. The van der Waals surface area contributed by atoms with E-state index in [2.05, 4.69) is 11.6 Å². The standard InChI is InChI=1S/C15H17ClN2O2S/c1-2-3-11-4-6-12(7-5-11)18-21(19,20)13-8-9-14(16)15(17)10-13/h4-10,18H,2-3,17H2,1H3. The summed E-state index contributed by atoms with van der Waals surface area (Å²) in [5.74, 6) is 0. The number of nitrogen functional groups attached to an aromatic ring is 1. The van der Waals surface area contributed by atoms with Crippen LogP contribution in [0.2, 0.25) is 5.02 Å². The molecule has 0 saturated carbocycles. The number of anilines is 2. The molecule has 0 aliphatic heterocycles.